The minimum absolute atomic E-state index is 0.125. The van der Waals surface area contributed by atoms with E-state index in [-0.39, 0.29) is 24.6 Å². The number of esters is 1. The SMILES string of the molecule is CCCCCCOC(=O)Nc1ccn([C@@H]2O[C@H](CO)[C@@H](OC(=O)CCCCCCC(=O)Cc3ccccc3)C2(F)F)c(=O)n1. The van der Waals surface area contributed by atoms with E-state index in [4.69, 9.17) is 14.2 Å². The molecular formula is C31H41F2N3O8. The minimum Gasteiger partial charge on any atom is -0.453 e. The smallest absolute Gasteiger partial charge is 0.412 e. The molecule has 3 atom stereocenters. The number of halogens is 2. The first-order valence-electron chi connectivity index (χ1n) is 15.1. The number of ketones is 1. The number of hydrogen-bond acceptors (Lipinski definition) is 9. The minimum atomic E-state index is -3.87. The number of aromatic nitrogens is 2. The van der Waals surface area contributed by atoms with E-state index in [9.17, 15) is 24.3 Å². The van der Waals surface area contributed by atoms with Gasteiger partial charge in [0.2, 0.25) is 6.23 Å². The van der Waals surface area contributed by atoms with Gasteiger partial charge in [0.25, 0.3) is 0 Å². The van der Waals surface area contributed by atoms with E-state index in [0.717, 1.165) is 37.1 Å². The van der Waals surface area contributed by atoms with E-state index in [1.54, 1.807) is 0 Å². The summed E-state index contributed by atoms with van der Waals surface area (Å²) >= 11 is 0. The van der Waals surface area contributed by atoms with E-state index in [1.165, 1.54) is 0 Å². The zero-order chi connectivity index (χ0) is 32.0. The fraction of sp³-hybridized carbons (Fsp3) is 0.581. The third kappa shape index (κ3) is 10.5. The van der Waals surface area contributed by atoms with Crippen molar-refractivity contribution in [3.05, 3.63) is 58.6 Å². The van der Waals surface area contributed by atoms with E-state index >= 15 is 8.78 Å². The Bertz CT molecular complexity index is 1270. The molecule has 3 rings (SSSR count). The molecule has 1 amide bonds. The standard InChI is InChI=1S/C31H41F2N3O8/c1-2-3-4-12-19-42-30(41)35-25-17-18-36(29(40)34-25)28-31(32,33)27(24(21-37)43-28)44-26(39)16-11-6-5-10-15-23(38)20-22-13-8-7-9-14-22/h7-9,13-14,17-18,24,27-28,37H,2-6,10-12,15-16,19-21H2,1H3,(H,34,35,40,41)/t24-,27-,28-/m1/s1. The van der Waals surface area contributed by atoms with Gasteiger partial charge in [-0.05, 0) is 30.9 Å². The molecule has 44 heavy (non-hydrogen) atoms. The van der Waals surface area contributed by atoms with Crippen molar-refractivity contribution in [1.82, 2.24) is 9.55 Å². The molecular weight excluding hydrogens is 580 g/mol. The maximum Gasteiger partial charge on any atom is 0.412 e. The van der Waals surface area contributed by atoms with Crippen molar-refractivity contribution in [3.63, 3.8) is 0 Å². The van der Waals surface area contributed by atoms with Gasteiger partial charge in [-0.3, -0.25) is 19.5 Å². The van der Waals surface area contributed by atoms with Crippen LogP contribution >= 0.6 is 0 Å². The van der Waals surface area contributed by atoms with Crippen LogP contribution in [0.1, 0.15) is 82.9 Å². The molecule has 1 aromatic carbocycles. The quantitative estimate of drug-likeness (QED) is 0.174. The van der Waals surface area contributed by atoms with Gasteiger partial charge in [-0.15, -0.1) is 0 Å². The highest BCUT2D eigenvalue weighted by Crippen LogP contribution is 2.44. The highest BCUT2D eigenvalue weighted by Gasteiger charge is 2.62. The molecule has 1 aliphatic heterocycles. The molecule has 0 aliphatic carbocycles. The Morgan fingerprint density at radius 3 is 2.41 bits per heavy atom. The number of Topliss-reactive ketones (excluding diaryl/α,β-unsaturated/α-hetero) is 1. The maximum atomic E-state index is 15.4. The van der Waals surface area contributed by atoms with Crippen molar-refractivity contribution in [2.75, 3.05) is 18.5 Å². The summed E-state index contributed by atoms with van der Waals surface area (Å²) in [6.45, 7) is 1.35. The van der Waals surface area contributed by atoms with Crippen molar-refractivity contribution < 1.29 is 42.5 Å². The Balaban J connectivity index is 1.45. The Morgan fingerprint density at radius 1 is 1.02 bits per heavy atom. The molecule has 1 saturated heterocycles. The molecule has 1 aromatic heterocycles. The Hall–Kier alpha value is -3.71. The van der Waals surface area contributed by atoms with Crippen LogP contribution < -0.4 is 11.0 Å². The van der Waals surface area contributed by atoms with Crippen LogP contribution in [0.4, 0.5) is 19.4 Å². The summed E-state index contributed by atoms with van der Waals surface area (Å²) in [5, 5.41) is 11.9. The zero-order valence-corrected chi connectivity index (χ0v) is 24.9. The van der Waals surface area contributed by atoms with E-state index in [1.807, 2.05) is 30.3 Å². The molecule has 1 aliphatic rings. The van der Waals surface area contributed by atoms with Crippen molar-refractivity contribution in [2.45, 2.75) is 102 Å². The van der Waals surface area contributed by atoms with Crippen molar-refractivity contribution in [2.24, 2.45) is 0 Å². The average molecular weight is 622 g/mol. The van der Waals surface area contributed by atoms with Crippen molar-refractivity contribution in [3.8, 4) is 0 Å². The summed E-state index contributed by atoms with van der Waals surface area (Å²) in [5.74, 6) is -4.84. The van der Waals surface area contributed by atoms with E-state index in [2.05, 4.69) is 17.2 Å². The molecule has 242 valence electrons. The van der Waals surface area contributed by atoms with Gasteiger partial charge in [0, 0.05) is 25.5 Å². The number of nitrogens with zero attached hydrogens (tertiary/aromatic N) is 2. The maximum absolute atomic E-state index is 15.4. The Kier molecular flexibility index (Phi) is 13.9. The second-order valence-electron chi connectivity index (χ2n) is 10.7. The molecule has 2 aromatic rings. The third-order valence-corrected chi connectivity index (χ3v) is 7.16. The van der Waals surface area contributed by atoms with Gasteiger partial charge in [0.15, 0.2) is 6.10 Å². The number of aliphatic hydroxyl groups excluding tert-OH is 1. The zero-order valence-electron chi connectivity index (χ0n) is 24.9. The number of carbonyl (C=O) groups excluding carboxylic acids is 3. The summed E-state index contributed by atoms with van der Waals surface area (Å²) in [4.78, 5) is 52.6. The van der Waals surface area contributed by atoms with Gasteiger partial charge in [0.05, 0.1) is 13.2 Å². The summed E-state index contributed by atoms with van der Waals surface area (Å²) in [6, 6.07) is 10.6. The number of alkyl halides is 2. The Morgan fingerprint density at radius 2 is 1.73 bits per heavy atom. The molecule has 11 nitrogen and oxygen atoms in total. The number of rotatable bonds is 18. The summed E-state index contributed by atoms with van der Waals surface area (Å²) in [6.07, 6.45) is 0.802. The number of benzene rings is 1. The van der Waals surface area contributed by atoms with Gasteiger partial charge in [-0.1, -0.05) is 69.4 Å². The molecule has 0 radical (unpaired) electrons. The lowest BCUT2D eigenvalue weighted by Gasteiger charge is -2.24. The Labute approximate surface area is 254 Å². The molecule has 0 saturated carbocycles. The predicted molar refractivity (Wildman–Crippen MR) is 156 cm³/mol. The lowest BCUT2D eigenvalue weighted by molar-refractivity contribution is -0.176. The van der Waals surface area contributed by atoms with Gasteiger partial charge in [0.1, 0.15) is 17.7 Å². The number of aliphatic hydroxyl groups is 1. The first-order valence-corrected chi connectivity index (χ1v) is 15.1. The van der Waals surface area contributed by atoms with Crippen LogP contribution in [0.15, 0.2) is 47.4 Å². The first-order chi connectivity index (χ1) is 21.1. The van der Waals surface area contributed by atoms with Crippen molar-refractivity contribution in [1.29, 1.82) is 0 Å². The second kappa shape index (κ2) is 17.6. The van der Waals surface area contributed by atoms with Crippen LogP contribution in [0.25, 0.3) is 0 Å². The fourth-order valence-corrected chi connectivity index (χ4v) is 4.81. The second-order valence-corrected chi connectivity index (χ2v) is 10.7. The fourth-order valence-electron chi connectivity index (χ4n) is 4.81. The van der Waals surface area contributed by atoms with Crippen LogP contribution in [0, 0.1) is 0 Å². The van der Waals surface area contributed by atoms with Crippen LogP contribution in [0.2, 0.25) is 0 Å². The van der Waals surface area contributed by atoms with Gasteiger partial charge in [-0.25, -0.2) is 9.59 Å². The van der Waals surface area contributed by atoms with Gasteiger partial charge < -0.3 is 19.3 Å². The highest BCUT2D eigenvalue weighted by molar-refractivity contribution is 5.83. The number of unbranched alkanes of at least 4 members (excludes halogenated alkanes) is 6. The first kappa shape index (κ1) is 34.8. The third-order valence-electron chi connectivity index (χ3n) is 7.16. The van der Waals surface area contributed by atoms with Gasteiger partial charge >= 0.3 is 23.7 Å². The number of nitrogens with one attached hydrogen (secondary N) is 1. The summed E-state index contributed by atoms with van der Waals surface area (Å²) in [5.41, 5.74) is -0.196. The summed E-state index contributed by atoms with van der Waals surface area (Å²) < 4.78 is 46.5. The number of amides is 1. The largest absolute Gasteiger partial charge is 0.453 e. The molecule has 0 spiro atoms. The topological polar surface area (TPSA) is 146 Å². The predicted octanol–water partition coefficient (Wildman–Crippen LogP) is 4.96. The summed E-state index contributed by atoms with van der Waals surface area (Å²) in [7, 11) is 0. The number of anilines is 1. The number of ether oxygens (including phenoxy) is 3. The highest BCUT2D eigenvalue weighted by atomic mass is 19.3. The molecule has 13 heteroatoms. The van der Waals surface area contributed by atoms with Crippen LogP contribution in [-0.2, 0) is 30.2 Å². The normalized spacial score (nSPS) is 19.0. The van der Waals surface area contributed by atoms with Crippen LogP contribution in [-0.4, -0.2) is 63.8 Å². The monoisotopic (exact) mass is 621 g/mol. The average Bonchev–Trinajstić information content (AvgIpc) is 3.24. The lowest BCUT2D eigenvalue weighted by atomic mass is 10.0. The molecule has 0 bridgehead atoms. The van der Waals surface area contributed by atoms with Crippen molar-refractivity contribution >= 4 is 23.7 Å². The molecule has 2 heterocycles. The van der Waals surface area contributed by atoms with Crippen LogP contribution in [0.5, 0.6) is 0 Å². The number of carbonyl (C=O) groups is 3. The van der Waals surface area contributed by atoms with E-state index < -0.39 is 48.7 Å². The van der Waals surface area contributed by atoms with Crippen LogP contribution in [0.3, 0.4) is 0 Å². The number of hydrogen-bond donors (Lipinski definition) is 2. The lowest BCUT2D eigenvalue weighted by Crippen LogP contribution is -2.44. The molecule has 1 fully saturated rings. The molecule has 0 unspecified atom stereocenters. The molecule has 2 N–H and O–H groups in total. The van der Waals surface area contributed by atoms with E-state index in [0.29, 0.717) is 49.5 Å². The van der Waals surface area contributed by atoms with Gasteiger partial charge in [-0.2, -0.15) is 13.8 Å².